The monoisotopic (exact) mass is 461 g/mol. The van der Waals surface area contributed by atoms with Crippen molar-refractivity contribution in [3.63, 3.8) is 0 Å². The second kappa shape index (κ2) is 10.5. The first kappa shape index (κ1) is 23.6. The van der Waals surface area contributed by atoms with E-state index in [1.54, 1.807) is 73.7 Å². The fourth-order valence-electron chi connectivity index (χ4n) is 2.99. The maximum atomic E-state index is 12.9. The summed E-state index contributed by atoms with van der Waals surface area (Å²) in [6.45, 7) is 4.07. The lowest BCUT2D eigenvalue weighted by atomic mass is 10.1. The highest BCUT2D eigenvalue weighted by Gasteiger charge is 2.18. The molecule has 3 aromatic rings. The Bertz CT molecular complexity index is 1310. The molecule has 0 spiro atoms. The van der Waals surface area contributed by atoms with Gasteiger partial charge in [-0.1, -0.05) is 18.2 Å². The van der Waals surface area contributed by atoms with Crippen molar-refractivity contribution in [2.45, 2.75) is 18.7 Å². The highest BCUT2D eigenvalue weighted by atomic mass is 32.2. The zero-order chi connectivity index (χ0) is 23.8. The number of nitrogens with zero attached hydrogens (tertiary/aromatic N) is 1. The van der Waals surface area contributed by atoms with Gasteiger partial charge >= 0.3 is 0 Å². The first-order valence-electron chi connectivity index (χ1n) is 10.2. The number of carbonyl (C=O) groups is 1. The van der Waals surface area contributed by atoms with Crippen LogP contribution >= 0.6 is 0 Å². The number of benzene rings is 3. The molecule has 0 saturated carbocycles. The topological polar surface area (TPSA) is 108 Å². The van der Waals surface area contributed by atoms with Crippen LogP contribution in [0.1, 0.15) is 23.6 Å². The molecule has 0 saturated heterocycles. The number of sulfonamides is 1. The standard InChI is InChI=1S/C25H23N3O4S/c1-3-32-23-13-11-21(12-14-23)28-33(30,31)24-16-22(10-4-18(24)2)27-25(29)15-9-19-5-7-20(17-26)8-6-19/h4-16,28H,3H2,1-2H3,(H,27,29)/b15-9+. The Balaban J connectivity index is 1.72. The highest BCUT2D eigenvalue weighted by molar-refractivity contribution is 7.92. The van der Waals surface area contributed by atoms with Gasteiger partial charge in [-0.05, 0) is 79.6 Å². The van der Waals surface area contributed by atoms with Gasteiger partial charge in [-0.25, -0.2) is 8.42 Å². The van der Waals surface area contributed by atoms with Crippen LogP contribution in [-0.4, -0.2) is 20.9 Å². The minimum absolute atomic E-state index is 0.0604. The molecule has 7 nitrogen and oxygen atoms in total. The largest absolute Gasteiger partial charge is 0.494 e. The van der Waals surface area contributed by atoms with Crippen LogP contribution in [0.2, 0.25) is 0 Å². The van der Waals surface area contributed by atoms with E-state index in [-0.39, 0.29) is 4.90 Å². The molecular formula is C25H23N3O4S. The summed E-state index contributed by atoms with van der Waals surface area (Å²) in [6.07, 6.45) is 2.95. The van der Waals surface area contributed by atoms with Crippen molar-refractivity contribution in [3.05, 3.63) is 89.5 Å². The Hall–Kier alpha value is -4.09. The quantitative estimate of drug-likeness (QED) is 0.472. The predicted molar refractivity (Wildman–Crippen MR) is 128 cm³/mol. The zero-order valence-electron chi connectivity index (χ0n) is 18.2. The summed E-state index contributed by atoms with van der Waals surface area (Å²) in [5.41, 5.74) is 2.58. The Morgan fingerprint density at radius 2 is 1.70 bits per heavy atom. The van der Waals surface area contributed by atoms with Gasteiger partial charge in [-0.15, -0.1) is 0 Å². The van der Waals surface area contributed by atoms with Gasteiger partial charge in [-0.2, -0.15) is 5.26 Å². The average Bonchev–Trinajstić information content (AvgIpc) is 2.80. The number of amides is 1. The summed E-state index contributed by atoms with van der Waals surface area (Å²) in [6, 6.07) is 20.1. The molecule has 0 aliphatic rings. The molecule has 2 N–H and O–H groups in total. The minimum atomic E-state index is -3.88. The second-order valence-electron chi connectivity index (χ2n) is 7.10. The van der Waals surface area contributed by atoms with Crippen LogP contribution in [0, 0.1) is 18.3 Å². The van der Waals surface area contributed by atoms with Crippen molar-refractivity contribution in [3.8, 4) is 11.8 Å². The third-order valence-electron chi connectivity index (χ3n) is 4.63. The number of anilines is 2. The summed E-state index contributed by atoms with van der Waals surface area (Å²) in [7, 11) is -3.88. The third-order valence-corrected chi connectivity index (χ3v) is 6.15. The van der Waals surface area contributed by atoms with Crippen molar-refractivity contribution < 1.29 is 17.9 Å². The summed E-state index contributed by atoms with van der Waals surface area (Å²) in [4.78, 5) is 12.4. The number of rotatable bonds is 8. The molecule has 0 aliphatic heterocycles. The first-order chi connectivity index (χ1) is 15.8. The molecule has 0 heterocycles. The van der Waals surface area contributed by atoms with Gasteiger partial charge in [0.15, 0.2) is 0 Å². The van der Waals surface area contributed by atoms with Crippen LogP contribution < -0.4 is 14.8 Å². The van der Waals surface area contributed by atoms with Crippen LogP contribution in [0.25, 0.3) is 6.08 Å². The Morgan fingerprint density at radius 3 is 2.33 bits per heavy atom. The van der Waals surface area contributed by atoms with Crippen LogP contribution in [0.5, 0.6) is 5.75 Å². The van der Waals surface area contributed by atoms with E-state index >= 15 is 0 Å². The summed E-state index contributed by atoms with van der Waals surface area (Å²) in [5.74, 6) is 0.237. The molecule has 0 aromatic heterocycles. The van der Waals surface area contributed by atoms with Crippen molar-refractivity contribution >= 4 is 33.4 Å². The van der Waals surface area contributed by atoms with Crippen LogP contribution in [0.4, 0.5) is 11.4 Å². The normalized spacial score (nSPS) is 11.1. The molecule has 0 aliphatic carbocycles. The molecule has 3 rings (SSSR count). The van der Waals surface area contributed by atoms with Crippen molar-refractivity contribution in [1.29, 1.82) is 5.26 Å². The zero-order valence-corrected chi connectivity index (χ0v) is 19.0. The molecule has 0 bridgehead atoms. The Morgan fingerprint density at radius 1 is 1.03 bits per heavy atom. The van der Waals surface area contributed by atoms with Crippen LogP contribution in [0.15, 0.2) is 77.7 Å². The van der Waals surface area contributed by atoms with Crippen molar-refractivity contribution in [2.24, 2.45) is 0 Å². The number of nitriles is 1. The average molecular weight is 462 g/mol. The molecule has 0 unspecified atom stereocenters. The van der Waals surface area contributed by atoms with Gasteiger partial charge in [0.2, 0.25) is 5.91 Å². The number of carbonyl (C=O) groups excluding carboxylic acids is 1. The third kappa shape index (κ3) is 6.45. The number of hydrogen-bond donors (Lipinski definition) is 2. The summed E-state index contributed by atoms with van der Waals surface area (Å²) in [5, 5.41) is 11.5. The van der Waals surface area contributed by atoms with E-state index < -0.39 is 15.9 Å². The fraction of sp³-hybridized carbons (Fsp3) is 0.120. The molecular weight excluding hydrogens is 438 g/mol. The van der Waals surface area contributed by atoms with Gasteiger partial charge in [0, 0.05) is 17.5 Å². The first-order valence-corrected chi connectivity index (χ1v) is 11.6. The Kier molecular flexibility index (Phi) is 7.49. The fourth-order valence-corrected chi connectivity index (χ4v) is 4.32. The van der Waals surface area contributed by atoms with Gasteiger partial charge in [0.1, 0.15) is 5.75 Å². The molecule has 8 heteroatoms. The summed E-state index contributed by atoms with van der Waals surface area (Å²) < 4.78 is 33.8. The molecule has 0 atom stereocenters. The maximum Gasteiger partial charge on any atom is 0.262 e. The SMILES string of the molecule is CCOc1ccc(NS(=O)(=O)c2cc(NC(=O)/C=C/c3ccc(C#N)cc3)ccc2C)cc1. The second-order valence-corrected chi connectivity index (χ2v) is 8.75. The van der Waals surface area contributed by atoms with Crippen LogP contribution in [-0.2, 0) is 14.8 Å². The van der Waals surface area contributed by atoms with Crippen LogP contribution in [0.3, 0.4) is 0 Å². The smallest absolute Gasteiger partial charge is 0.262 e. The molecule has 168 valence electrons. The number of nitrogens with one attached hydrogen (secondary N) is 2. The van der Waals surface area contributed by atoms with E-state index in [2.05, 4.69) is 10.0 Å². The van der Waals surface area contributed by atoms with Gasteiger partial charge < -0.3 is 10.1 Å². The maximum absolute atomic E-state index is 12.9. The lowest BCUT2D eigenvalue weighted by Crippen LogP contribution is -2.15. The lowest BCUT2D eigenvalue weighted by molar-refractivity contribution is -0.111. The number of ether oxygens (including phenoxy) is 1. The molecule has 0 radical (unpaired) electrons. The van der Waals surface area contributed by atoms with E-state index in [1.165, 1.54) is 12.1 Å². The molecule has 1 amide bonds. The van der Waals surface area contributed by atoms with Gasteiger partial charge in [0.05, 0.1) is 23.1 Å². The van der Waals surface area contributed by atoms with E-state index in [1.807, 2.05) is 13.0 Å². The molecule has 3 aromatic carbocycles. The summed E-state index contributed by atoms with van der Waals surface area (Å²) >= 11 is 0. The number of aryl methyl sites for hydroxylation is 1. The predicted octanol–water partition coefficient (Wildman–Crippen LogP) is 4.72. The molecule has 0 fully saturated rings. The Labute approximate surface area is 193 Å². The minimum Gasteiger partial charge on any atom is -0.494 e. The van der Waals surface area contributed by atoms with E-state index in [0.29, 0.717) is 34.9 Å². The number of hydrogen-bond acceptors (Lipinski definition) is 5. The van der Waals surface area contributed by atoms with E-state index in [9.17, 15) is 13.2 Å². The molecule has 33 heavy (non-hydrogen) atoms. The van der Waals surface area contributed by atoms with E-state index in [4.69, 9.17) is 10.00 Å². The van der Waals surface area contributed by atoms with Gasteiger partial charge in [-0.3, -0.25) is 9.52 Å². The van der Waals surface area contributed by atoms with Crippen molar-refractivity contribution in [1.82, 2.24) is 0 Å². The lowest BCUT2D eigenvalue weighted by Gasteiger charge is -2.13. The van der Waals surface area contributed by atoms with Gasteiger partial charge in [0.25, 0.3) is 10.0 Å². The van der Waals surface area contributed by atoms with E-state index in [0.717, 1.165) is 5.56 Å². The van der Waals surface area contributed by atoms with Crippen molar-refractivity contribution in [2.75, 3.05) is 16.6 Å². The highest BCUT2D eigenvalue weighted by Crippen LogP contribution is 2.24.